The second-order valence-corrected chi connectivity index (χ2v) is 4.37. The summed E-state index contributed by atoms with van der Waals surface area (Å²) in [6.07, 6.45) is 5.94. The van der Waals surface area contributed by atoms with Crippen molar-refractivity contribution in [1.82, 2.24) is 16.0 Å². The normalized spacial score (nSPS) is 10.9. The largest absolute Gasteiger partial charge is 0.330 e. The predicted molar refractivity (Wildman–Crippen MR) is 75.4 cm³/mol. The zero-order chi connectivity index (χ0) is 12.6. The first kappa shape index (κ1) is 16.8. The van der Waals surface area contributed by atoms with Crippen LogP contribution in [0.25, 0.3) is 0 Å². The maximum absolute atomic E-state index is 5.40. The van der Waals surface area contributed by atoms with Gasteiger partial charge in [0.1, 0.15) is 0 Å². The lowest BCUT2D eigenvalue weighted by molar-refractivity contribution is 0.550. The van der Waals surface area contributed by atoms with E-state index < -0.39 is 0 Å². The van der Waals surface area contributed by atoms with E-state index in [-0.39, 0.29) is 0 Å². The van der Waals surface area contributed by atoms with Crippen LogP contribution in [0.5, 0.6) is 0 Å². The average molecular weight is 243 g/mol. The number of hydrogen-bond acceptors (Lipinski definition) is 3. The molecule has 0 aromatic carbocycles. The summed E-state index contributed by atoms with van der Waals surface area (Å²) in [5.74, 6) is 0. The van der Waals surface area contributed by atoms with Crippen LogP contribution in [0.2, 0.25) is 0 Å². The Hall–Kier alpha value is -0.160. The molecule has 4 N–H and O–H groups in total. The lowest BCUT2D eigenvalue weighted by Crippen LogP contribution is -2.23. The monoisotopic (exact) mass is 243 g/mol. The van der Waals surface area contributed by atoms with Crippen molar-refractivity contribution in [3.63, 3.8) is 0 Å². The van der Waals surface area contributed by atoms with Gasteiger partial charge in [-0.15, -0.1) is 0 Å². The van der Waals surface area contributed by atoms with Crippen LogP contribution in [0.15, 0.2) is 0 Å². The third-order valence-corrected chi connectivity index (χ3v) is 2.60. The second-order valence-electron chi connectivity index (χ2n) is 4.37. The quantitative estimate of drug-likeness (QED) is 0.394. The molecule has 0 aliphatic carbocycles. The second kappa shape index (κ2) is 15.8. The molecule has 0 aromatic heterocycles. The highest BCUT2D eigenvalue weighted by Gasteiger charge is 1.91. The standard InChI is InChI=1S/C13H31N4/c1-2-3-8-15-10-5-12-17-13-6-11-16-9-4-7-14/h15-16H,2-14H2,1H3. The first-order valence-electron chi connectivity index (χ1n) is 7.16. The Balaban J connectivity index is 2.85. The SMILES string of the molecule is CCCCNCCC[N]CCCNCCCN. The molecule has 1 radical (unpaired) electrons. The average Bonchev–Trinajstić information content (AvgIpc) is 2.35. The van der Waals surface area contributed by atoms with Gasteiger partial charge in [0.05, 0.1) is 0 Å². The van der Waals surface area contributed by atoms with Crippen molar-refractivity contribution in [2.45, 2.75) is 39.0 Å². The fourth-order valence-electron chi connectivity index (χ4n) is 1.52. The van der Waals surface area contributed by atoms with E-state index in [0.29, 0.717) is 0 Å². The molecule has 4 nitrogen and oxygen atoms in total. The smallest absolute Gasteiger partial charge is 0.0145 e. The fraction of sp³-hybridized carbons (Fsp3) is 1.00. The minimum Gasteiger partial charge on any atom is -0.330 e. The molecule has 4 heteroatoms. The maximum atomic E-state index is 5.40. The Kier molecular flexibility index (Phi) is 15.7. The van der Waals surface area contributed by atoms with E-state index in [0.717, 1.165) is 58.7 Å². The van der Waals surface area contributed by atoms with Crippen molar-refractivity contribution in [2.75, 3.05) is 45.8 Å². The molecule has 103 valence electrons. The third kappa shape index (κ3) is 15.8. The van der Waals surface area contributed by atoms with E-state index in [2.05, 4.69) is 22.9 Å². The van der Waals surface area contributed by atoms with Gasteiger partial charge < -0.3 is 16.4 Å². The summed E-state index contributed by atoms with van der Waals surface area (Å²) in [4.78, 5) is 0. The number of nitrogens with one attached hydrogen (secondary N) is 2. The number of hydrogen-bond donors (Lipinski definition) is 3. The summed E-state index contributed by atoms with van der Waals surface area (Å²) in [6.45, 7) is 9.36. The summed E-state index contributed by atoms with van der Waals surface area (Å²) in [6, 6.07) is 0. The number of unbranched alkanes of at least 4 members (excludes halogenated alkanes) is 1. The molecule has 0 spiro atoms. The molecule has 17 heavy (non-hydrogen) atoms. The van der Waals surface area contributed by atoms with Gasteiger partial charge in [0, 0.05) is 13.1 Å². The first-order valence-corrected chi connectivity index (χ1v) is 7.16. The Morgan fingerprint density at radius 3 is 1.88 bits per heavy atom. The van der Waals surface area contributed by atoms with Crippen molar-refractivity contribution in [2.24, 2.45) is 5.73 Å². The summed E-state index contributed by atoms with van der Waals surface area (Å²) in [5, 5.41) is 11.3. The summed E-state index contributed by atoms with van der Waals surface area (Å²) in [5.41, 5.74) is 5.40. The van der Waals surface area contributed by atoms with Gasteiger partial charge in [-0.3, -0.25) is 0 Å². The summed E-state index contributed by atoms with van der Waals surface area (Å²) in [7, 11) is 0. The molecule has 0 bridgehead atoms. The summed E-state index contributed by atoms with van der Waals surface area (Å²) < 4.78 is 0. The van der Waals surface area contributed by atoms with Crippen molar-refractivity contribution >= 4 is 0 Å². The minimum absolute atomic E-state index is 0.780. The van der Waals surface area contributed by atoms with E-state index in [9.17, 15) is 0 Å². The Labute approximate surface area is 107 Å². The molecule has 0 aliphatic rings. The molecule has 0 rings (SSSR count). The van der Waals surface area contributed by atoms with E-state index in [1.54, 1.807) is 0 Å². The Morgan fingerprint density at radius 1 is 0.824 bits per heavy atom. The van der Waals surface area contributed by atoms with Gasteiger partial charge in [-0.1, -0.05) is 13.3 Å². The first-order chi connectivity index (χ1) is 8.41. The Bertz CT molecular complexity index is 117. The van der Waals surface area contributed by atoms with Crippen molar-refractivity contribution in [3.05, 3.63) is 0 Å². The van der Waals surface area contributed by atoms with Crippen LogP contribution in [0, 0.1) is 0 Å². The van der Waals surface area contributed by atoms with Crippen LogP contribution in [0.4, 0.5) is 0 Å². The van der Waals surface area contributed by atoms with Crippen LogP contribution in [0.3, 0.4) is 0 Å². The molecule has 0 aliphatic heterocycles. The van der Waals surface area contributed by atoms with Crippen molar-refractivity contribution in [1.29, 1.82) is 0 Å². The molecule has 0 heterocycles. The van der Waals surface area contributed by atoms with Crippen LogP contribution < -0.4 is 21.7 Å². The maximum Gasteiger partial charge on any atom is 0.0145 e. The highest BCUT2D eigenvalue weighted by atomic mass is 14.9. The minimum atomic E-state index is 0.780. The van der Waals surface area contributed by atoms with Crippen molar-refractivity contribution in [3.8, 4) is 0 Å². The van der Waals surface area contributed by atoms with E-state index in [1.165, 1.54) is 19.3 Å². The molecule has 0 fully saturated rings. The highest BCUT2D eigenvalue weighted by molar-refractivity contribution is 4.54. The molecular formula is C13H31N4. The third-order valence-electron chi connectivity index (χ3n) is 2.60. The van der Waals surface area contributed by atoms with E-state index in [4.69, 9.17) is 5.73 Å². The van der Waals surface area contributed by atoms with Crippen molar-refractivity contribution < 1.29 is 0 Å². The van der Waals surface area contributed by atoms with Gasteiger partial charge in [-0.2, -0.15) is 0 Å². The molecule has 0 aromatic rings. The Morgan fingerprint density at radius 2 is 1.35 bits per heavy atom. The van der Waals surface area contributed by atoms with Gasteiger partial charge in [-0.25, -0.2) is 5.32 Å². The van der Waals surface area contributed by atoms with Crippen LogP contribution >= 0.6 is 0 Å². The van der Waals surface area contributed by atoms with Crippen LogP contribution in [0.1, 0.15) is 39.0 Å². The van der Waals surface area contributed by atoms with E-state index >= 15 is 0 Å². The lowest BCUT2D eigenvalue weighted by Gasteiger charge is -2.05. The molecule has 0 amide bonds. The fourth-order valence-corrected chi connectivity index (χ4v) is 1.52. The van der Waals surface area contributed by atoms with Gasteiger partial charge in [0.2, 0.25) is 0 Å². The zero-order valence-electron chi connectivity index (χ0n) is 11.5. The van der Waals surface area contributed by atoms with E-state index in [1.807, 2.05) is 0 Å². The van der Waals surface area contributed by atoms with Crippen LogP contribution in [-0.2, 0) is 0 Å². The molecule has 0 atom stereocenters. The molecule has 0 saturated carbocycles. The lowest BCUT2D eigenvalue weighted by atomic mass is 10.3. The highest BCUT2D eigenvalue weighted by Crippen LogP contribution is 1.83. The molecular weight excluding hydrogens is 212 g/mol. The molecule has 0 unspecified atom stereocenters. The van der Waals surface area contributed by atoms with Gasteiger partial charge in [0.15, 0.2) is 0 Å². The zero-order valence-corrected chi connectivity index (χ0v) is 11.5. The number of nitrogens with zero attached hydrogens (tertiary/aromatic N) is 1. The number of rotatable bonds is 14. The summed E-state index contributed by atoms with van der Waals surface area (Å²) >= 11 is 0. The number of nitrogens with two attached hydrogens (primary N) is 1. The predicted octanol–water partition coefficient (Wildman–Crippen LogP) is 0.699. The van der Waals surface area contributed by atoms with Crippen LogP contribution in [-0.4, -0.2) is 45.8 Å². The van der Waals surface area contributed by atoms with Gasteiger partial charge >= 0.3 is 0 Å². The van der Waals surface area contributed by atoms with Gasteiger partial charge in [0.25, 0.3) is 0 Å². The topological polar surface area (TPSA) is 64.2 Å². The van der Waals surface area contributed by atoms with Gasteiger partial charge in [-0.05, 0) is 58.4 Å². The molecule has 0 saturated heterocycles.